The minimum Gasteiger partial charge on any atom is -0.310 e. The molecule has 1 amide bonds. The first-order valence-corrected chi connectivity index (χ1v) is 5.43. The van der Waals surface area contributed by atoms with Crippen LogP contribution in [0.4, 0.5) is 5.82 Å². The number of pyridine rings is 1. The van der Waals surface area contributed by atoms with Crippen molar-refractivity contribution in [1.29, 1.82) is 0 Å². The topological polar surface area (TPSA) is 42.0 Å². The summed E-state index contributed by atoms with van der Waals surface area (Å²) in [4.78, 5) is 16.0. The van der Waals surface area contributed by atoms with Crippen molar-refractivity contribution >= 4 is 22.6 Å². The molecule has 1 atom stereocenters. The highest BCUT2D eigenvalue weighted by Gasteiger charge is 2.23. The van der Waals surface area contributed by atoms with E-state index in [4.69, 9.17) is 0 Å². The molecule has 80 valence electrons. The Bertz CT molecular complexity index is 577. The number of rotatable bonds is 0. The number of fused-ring (bicyclic) bond motifs is 2. The van der Waals surface area contributed by atoms with Crippen LogP contribution in [0.2, 0.25) is 0 Å². The molecule has 3 heteroatoms. The molecule has 3 nitrogen and oxygen atoms in total. The van der Waals surface area contributed by atoms with E-state index in [-0.39, 0.29) is 11.8 Å². The summed E-state index contributed by atoms with van der Waals surface area (Å²) in [6, 6.07) is 10.1. The van der Waals surface area contributed by atoms with Crippen LogP contribution in [-0.2, 0) is 11.2 Å². The fraction of sp³-hybridized carbons (Fsp3) is 0.231. The Morgan fingerprint density at radius 3 is 3.06 bits per heavy atom. The van der Waals surface area contributed by atoms with Gasteiger partial charge in [0.15, 0.2) is 0 Å². The van der Waals surface area contributed by atoms with E-state index in [9.17, 15) is 4.79 Å². The Labute approximate surface area is 93.5 Å². The van der Waals surface area contributed by atoms with Crippen LogP contribution in [0.1, 0.15) is 12.5 Å². The lowest BCUT2D eigenvalue weighted by molar-refractivity contribution is -0.119. The van der Waals surface area contributed by atoms with Gasteiger partial charge < -0.3 is 5.32 Å². The summed E-state index contributed by atoms with van der Waals surface area (Å²) in [5, 5.41) is 3.98. The number of amides is 1. The first-order valence-electron chi connectivity index (χ1n) is 5.43. The Morgan fingerprint density at radius 2 is 2.19 bits per heavy atom. The summed E-state index contributed by atoms with van der Waals surface area (Å²) in [5.41, 5.74) is 2.06. The van der Waals surface area contributed by atoms with Crippen LogP contribution in [0.25, 0.3) is 10.9 Å². The number of aromatic nitrogens is 1. The molecule has 1 aliphatic heterocycles. The number of para-hydroxylation sites is 1. The molecular weight excluding hydrogens is 200 g/mol. The number of hydrogen-bond acceptors (Lipinski definition) is 2. The molecule has 3 rings (SSSR count). The molecule has 0 saturated carbocycles. The molecule has 0 spiro atoms. The second-order valence-electron chi connectivity index (χ2n) is 4.28. The molecule has 0 fully saturated rings. The van der Waals surface area contributed by atoms with E-state index < -0.39 is 0 Å². The summed E-state index contributed by atoms with van der Waals surface area (Å²) in [7, 11) is 0. The highest BCUT2D eigenvalue weighted by Crippen LogP contribution is 2.26. The predicted octanol–water partition coefficient (Wildman–Crippen LogP) is 2.37. The van der Waals surface area contributed by atoms with Gasteiger partial charge in [-0.1, -0.05) is 25.1 Å². The highest BCUT2D eigenvalue weighted by atomic mass is 16.2. The van der Waals surface area contributed by atoms with Gasteiger partial charge in [-0.05, 0) is 24.1 Å². The van der Waals surface area contributed by atoms with Crippen LogP contribution < -0.4 is 5.32 Å². The molecule has 1 aromatic carbocycles. The Kier molecular flexibility index (Phi) is 1.93. The van der Waals surface area contributed by atoms with Gasteiger partial charge in [-0.3, -0.25) is 4.79 Å². The lowest BCUT2D eigenvalue weighted by atomic mass is 9.96. The molecule has 1 aromatic heterocycles. The molecular formula is C13H12N2O. The molecule has 0 saturated heterocycles. The summed E-state index contributed by atoms with van der Waals surface area (Å²) >= 11 is 0. The lowest BCUT2D eigenvalue weighted by Gasteiger charge is -2.21. The summed E-state index contributed by atoms with van der Waals surface area (Å²) in [5.74, 6) is 0.826. The standard InChI is InChI=1S/C13H12N2O/c1-8-6-10-7-9-4-2-3-5-11(9)14-12(10)15-13(8)16/h2-5,7-8H,6H2,1H3,(H,14,15,16). The van der Waals surface area contributed by atoms with Crippen molar-refractivity contribution in [2.24, 2.45) is 5.92 Å². The maximum atomic E-state index is 11.5. The number of nitrogens with zero attached hydrogens (tertiary/aromatic N) is 1. The maximum Gasteiger partial charge on any atom is 0.228 e. The smallest absolute Gasteiger partial charge is 0.228 e. The zero-order valence-electron chi connectivity index (χ0n) is 9.03. The van der Waals surface area contributed by atoms with Crippen molar-refractivity contribution < 1.29 is 4.79 Å². The number of carbonyl (C=O) groups is 1. The lowest BCUT2D eigenvalue weighted by Crippen LogP contribution is -2.28. The van der Waals surface area contributed by atoms with E-state index in [0.29, 0.717) is 0 Å². The van der Waals surface area contributed by atoms with Gasteiger partial charge in [-0.25, -0.2) is 4.98 Å². The summed E-state index contributed by atoms with van der Waals surface area (Å²) in [6.07, 6.45) is 0.777. The highest BCUT2D eigenvalue weighted by molar-refractivity contribution is 5.96. The molecule has 0 aliphatic carbocycles. The predicted molar refractivity (Wildman–Crippen MR) is 63.2 cm³/mol. The van der Waals surface area contributed by atoms with Crippen molar-refractivity contribution in [2.75, 3.05) is 5.32 Å². The minimum atomic E-state index is 0.0375. The normalized spacial score (nSPS) is 19.3. The quantitative estimate of drug-likeness (QED) is 0.728. The van der Waals surface area contributed by atoms with Gasteiger partial charge in [0.25, 0.3) is 0 Å². The third-order valence-corrected chi connectivity index (χ3v) is 3.02. The van der Waals surface area contributed by atoms with Gasteiger partial charge >= 0.3 is 0 Å². The fourth-order valence-electron chi connectivity index (χ4n) is 2.09. The van der Waals surface area contributed by atoms with Crippen molar-refractivity contribution in [1.82, 2.24) is 4.98 Å². The van der Waals surface area contributed by atoms with E-state index in [0.717, 1.165) is 28.7 Å². The number of hydrogen-bond donors (Lipinski definition) is 1. The van der Waals surface area contributed by atoms with Gasteiger partial charge in [0.05, 0.1) is 5.52 Å². The van der Waals surface area contributed by atoms with E-state index >= 15 is 0 Å². The second-order valence-corrected chi connectivity index (χ2v) is 4.28. The van der Waals surface area contributed by atoms with Crippen LogP contribution in [0.5, 0.6) is 0 Å². The average molecular weight is 212 g/mol. The molecule has 1 unspecified atom stereocenters. The third-order valence-electron chi connectivity index (χ3n) is 3.02. The fourth-order valence-corrected chi connectivity index (χ4v) is 2.09. The van der Waals surface area contributed by atoms with Crippen molar-refractivity contribution in [3.63, 3.8) is 0 Å². The first kappa shape index (κ1) is 9.33. The Balaban J connectivity index is 2.20. The zero-order valence-corrected chi connectivity index (χ0v) is 9.03. The van der Waals surface area contributed by atoms with E-state index in [2.05, 4.69) is 16.4 Å². The van der Waals surface area contributed by atoms with Gasteiger partial charge in [-0.2, -0.15) is 0 Å². The number of carbonyl (C=O) groups excluding carboxylic acids is 1. The Hall–Kier alpha value is -1.90. The van der Waals surface area contributed by atoms with Gasteiger partial charge in [0.1, 0.15) is 5.82 Å². The van der Waals surface area contributed by atoms with Crippen LogP contribution in [-0.4, -0.2) is 10.9 Å². The van der Waals surface area contributed by atoms with Crippen LogP contribution in [0, 0.1) is 5.92 Å². The third kappa shape index (κ3) is 1.36. The largest absolute Gasteiger partial charge is 0.310 e. The summed E-state index contributed by atoms with van der Waals surface area (Å²) < 4.78 is 0. The molecule has 2 aromatic rings. The number of nitrogens with one attached hydrogen (secondary N) is 1. The van der Waals surface area contributed by atoms with Gasteiger partial charge in [-0.15, -0.1) is 0 Å². The first-order chi connectivity index (χ1) is 7.74. The molecule has 2 heterocycles. The number of anilines is 1. The van der Waals surface area contributed by atoms with Gasteiger partial charge in [0.2, 0.25) is 5.91 Å². The SMILES string of the molecule is CC1Cc2cc3ccccc3nc2NC1=O. The maximum absolute atomic E-state index is 11.5. The van der Waals surface area contributed by atoms with Crippen molar-refractivity contribution in [3.05, 3.63) is 35.9 Å². The van der Waals surface area contributed by atoms with Crippen molar-refractivity contribution in [3.8, 4) is 0 Å². The van der Waals surface area contributed by atoms with E-state index in [1.54, 1.807) is 0 Å². The molecule has 1 aliphatic rings. The Morgan fingerprint density at radius 1 is 1.38 bits per heavy atom. The second kappa shape index (κ2) is 3.30. The van der Waals surface area contributed by atoms with Crippen molar-refractivity contribution in [2.45, 2.75) is 13.3 Å². The molecule has 0 radical (unpaired) electrons. The summed E-state index contributed by atoms with van der Waals surface area (Å²) in [6.45, 7) is 1.94. The van der Waals surface area contributed by atoms with Crippen LogP contribution >= 0.6 is 0 Å². The van der Waals surface area contributed by atoms with Gasteiger partial charge in [0, 0.05) is 11.3 Å². The molecule has 1 N–H and O–H groups in total. The van der Waals surface area contributed by atoms with Crippen LogP contribution in [0.3, 0.4) is 0 Å². The number of benzene rings is 1. The monoisotopic (exact) mass is 212 g/mol. The molecule has 16 heavy (non-hydrogen) atoms. The average Bonchev–Trinajstić information content (AvgIpc) is 2.28. The van der Waals surface area contributed by atoms with E-state index in [1.807, 2.05) is 31.2 Å². The van der Waals surface area contributed by atoms with E-state index in [1.165, 1.54) is 0 Å². The zero-order chi connectivity index (χ0) is 11.1. The van der Waals surface area contributed by atoms with Crippen LogP contribution in [0.15, 0.2) is 30.3 Å². The minimum absolute atomic E-state index is 0.0375. The molecule has 0 bridgehead atoms.